The average Bonchev–Trinajstić information content (AvgIpc) is 2.97. The summed E-state index contributed by atoms with van der Waals surface area (Å²) in [5, 5.41) is 3.51. The van der Waals surface area contributed by atoms with E-state index >= 15 is 0 Å². The number of aryl methyl sites for hydroxylation is 2. The highest BCUT2D eigenvalue weighted by atomic mass is 16.5. The first-order valence-corrected chi connectivity index (χ1v) is 8.73. The van der Waals surface area contributed by atoms with Gasteiger partial charge >= 0.3 is 0 Å². The highest BCUT2D eigenvalue weighted by Crippen LogP contribution is 2.16. The number of nitrogens with one attached hydrogen (secondary N) is 1. The monoisotopic (exact) mass is 317 g/mol. The Morgan fingerprint density at radius 2 is 2.04 bits per heavy atom. The minimum atomic E-state index is 0.632. The molecule has 1 aromatic rings. The van der Waals surface area contributed by atoms with Crippen molar-refractivity contribution in [2.24, 2.45) is 10.9 Å². The van der Waals surface area contributed by atoms with E-state index in [0.29, 0.717) is 5.92 Å². The molecular formula is C19H31N3O. The molecule has 1 heterocycles. The van der Waals surface area contributed by atoms with Gasteiger partial charge in [-0.2, -0.15) is 0 Å². The number of hydrogen-bond acceptors (Lipinski definition) is 2. The zero-order chi connectivity index (χ0) is 16.7. The van der Waals surface area contributed by atoms with Crippen LogP contribution in [0.5, 0.6) is 0 Å². The summed E-state index contributed by atoms with van der Waals surface area (Å²) < 4.78 is 5.55. The number of guanidine groups is 1. The van der Waals surface area contributed by atoms with Gasteiger partial charge in [-0.1, -0.05) is 29.3 Å². The molecule has 1 fully saturated rings. The summed E-state index contributed by atoms with van der Waals surface area (Å²) in [6.07, 6.45) is 2.22. The van der Waals surface area contributed by atoms with E-state index in [-0.39, 0.29) is 0 Å². The van der Waals surface area contributed by atoms with Crippen LogP contribution < -0.4 is 5.32 Å². The van der Waals surface area contributed by atoms with Crippen molar-refractivity contribution >= 4 is 5.96 Å². The molecule has 1 aromatic carbocycles. The van der Waals surface area contributed by atoms with Crippen LogP contribution in [-0.4, -0.2) is 50.8 Å². The molecule has 4 heteroatoms. The first-order valence-electron chi connectivity index (χ1n) is 8.73. The van der Waals surface area contributed by atoms with Gasteiger partial charge in [0.2, 0.25) is 0 Å². The molecule has 4 nitrogen and oxygen atoms in total. The molecule has 0 spiro atoms. The zero-order valence-electron chi connectivity index (χ0n) is 15.1. The number of ether oxygens (including phenoxy) is 1. The van der Waals surface area contributed by atoms with Gasteiger partial charge in [0.05, 0.1) is 6.61 Å². The quantitative estimate of drug-likeness (QED) is 0.647. The fourth-order valence-corrected chi connectivity index (χ4v) is 3.31. The van der Waals surface area contributed by atoms with Crippen LogP contribution in [0.1, 0.15) is 30.0 Å². The topological polar surface area (TPSA) is 36.9 Å². The number of benzene rings is 1. The van der Waals surface area contributed by atoms with Crippen molar-refractivity contribution in [3.8, 4) is 0 Å². The van der Waals surface area contributed by atoms with Gasteiger partial charge in [-0.05, 0) is 39.2 Å². The van der Waals surface area contributed by atoms with Crippen molar-refractivity contribution in [3.05, 3.63) is 34.9 Å². The Bertz CT molecular complexity index is 507. The Kier molecular flexibility index (Phi) is 6.90. The fraction of sp³-hybridized carbons (Fsp3) is 0.632. The van der Waals surface area contributed by atoms with Gasteiger partial charge in [0.1, 0.15) is 0 Å². The lowest BCUT2D eigenvalue weighted by Gasteiger charge is -2.21. The van der Waals surface area contributed by atoms with Gasteiger partial charge in [-0.25, -0.2) is 0 Å². The summed E-state index contributed by atoms with van der Waals surface area (Å²) in [5.41, 5.74) is 4.06. The minimum absolute atomic E-state index is 0.632. The third kappa shape index (κ3) is 5.54. The van der Waals surface area contributed by atoms with Crippen LogP contribution in [0.4, 0.5) is 0 Å². The Morgan fingerprint density at radius 3 is 2.70 bits per heavy atom. The van der Waals surface area contributed by atoms with Crippen LogP contribution in [-0.2, 0) is 11.2 Å². The van der Waals surface area contributed by atoms with Gasteiger partial charge < -0.3 is 15.0 Å². The number of likely N-dealkylation sites (tertiary alicyclic amines) is 1. The molecule has 0 aliphatic carbocycles. The largest absolute Gasteiger partial charge is 0.381 e. The fourth-order valence-electron chi connectivity index (χ4n) is 3.31. The molecule has 1 unspecified atom stereocenters. The zero-order valence-corrected chi connectivity index (χ0v) is 15.1. The minimum Gasteiger partial charge on any atom is -0.381 e. The second-order valence-corrected chi connectivity index (χ2v) is 6.48. The lowest BCUT2D eigenvalue weighted by Crippen LogP contribution is -2.41. The Balaban J connectivity index is 1.79. The number of rotatable bonds is 6. The summed E-state index contributed by atoms with van der Waals surface area (Å²) in [4.78, 5) is 6.79. The van der Waals surface area contributed by atoms with Crippen molar-refractivity contribution < 1.29 is 4.74 Å². The maximum absolute atomic E-state index is 5.55. The van der Waals surface area contributed by atoms with Crippen LogP contribution >= 0.6 is 0 Å². The van der Waals surface area contributed by atoms with E-state index in [4.69, 9.17) is 4.74 Å². The first kappa shape index (κ1) is 17.8. The predicted molar refractivity (Wildman–Crippen MR) is 97.2 cm³/mol. The summed E-state index contributed by atoms with van der Waals surface area (Å²) >= 11 is 0. The molecule has 0 bridgehead atoms. The highest BCUT2D eigenvalue weighted by molar-refractivity contribution is 5.80. The maximum Gasteiger partial charge on any atom is 0.193 e. The number of aliphatic imine (C=N–C) groups is 1. The van der Waals surface area contributed by atoms with Crippen molar-refractivity contribution in [1.29, 1.82) is 0 Å². The van der Waals surface area contributed by atoms with Crippen LogP contribution in [0.2, 0.25) is 0 Å². The summed E-state index contributed by atoms with van der Waals surface area (Å²) in [7, 11) is 1.87. The van der Waals surface area contributed by atoms with E-state index in [1.807, 2.05) is 7.05 Å². The third-order valence-electron chi connectivity index (χ3n) is 4.33. The molecule has 0 radical (unpaired) electrons. The maximum atomic E-state index is 5.55. The van der Waals surface area contributed by atoms with E-state index in [2.05, 4.69) is 54.2 Å². The molecule has 1 atom stereocenters. The van der Waals surface area contributed by atoms with Crippen LogP contribution in [0.15, 0.2) is 23.2 Å². The van der Waals surface area contributed by atoms with Gasteiger partial charge in [-0.15, -0.1) is 0 Å². The first-order chi connectivity index (χ1) is 11.1. The summed E-state index contributed by atoms with van der Waals surface area (Å²) in [6, 6.07) is 6.76. The predicted octanol–water partition coefficient (Wildman–Crippen LogP) is 2.78. The lowest BCUT2D eigenvalue weighted by atomic mass is 10.1. The van der Waals surface area contributed by atoms with Crippen LogP contribution in [0.3, 0.4) is 0 Å². The van der Waals surface area contributed by atoms with Gasteiger partial charge in [0.25, 0.3) is 0 Å². The second-order valence-electron chi connectivity index (χ2n) is 6.48. The normalized spacial score (nSPS) is 18.5. The van der Waals surface area contributed by atoms with Crippen molar-refractivity contribution in [2.75, 3.05) is 39.9 Å². The van der Waals surface area contributed by atoms with Crippen molar-refractivity contribution in [1.82, 2.24) is 10.2 Å². The number of hydrogen-bond donors (Lipinski definition) is 1. The standard InChI is InChI=1S/C19H31N3O/c1-5-23-14-18-7-9-22(13-18)19(20-4)21-8-6-17-11-15(2)10-16(3)12-17/h10-12,18H,5-9,13-14H2,1-4H3,(H,20,21). The van der Waals surface area contributed by atoms with Crippen molar-refractivity contribution in [2.45, 2.75) is 33.6 Å². The van der Waals surface area contributed by atoms with Gasteiger partial charge in [0.15, 0.2) is 5.96 Å². The van der Waals surface area contributed by atoms with Gasteiger partial charge in [0, 0.05) is 39.2 Å². The average molecular weight is 317 g/mol. The molecule has 0 amide bonds. The molecule has 128 valence electrons. The highest BCUT2D eigenvalue weighted by Gasteiger charge is 2.24. The van der Waals surface area contributed by atoms with Crippen molar-refractivity contribution in [3.63, 3.8) is 0 Å². The Labute approximate surface area is 140 Å². The molecule has 1 N–H and O–H groups in total. The lowest BCUT2D eigenvalue weighted by molar-refractivity contribution is 0.114. The molecule has 0 saturated carbocycles. The smallest absolute Gasteiger partial charge is 0.193 e. The van der Waals surface area contributed by atoms with E-state index in [1.165, 1.54) is 23.1 Å². The summed E-state index contributed by atoms with van der Waals surface area (Å²) in [5.74, 6) is 1.65. The van der Waals surface area contributed by atoms with Crippen LogP contribution in [0, 0.1) is 19.8 Å². The van der Waals surface area contributed by atoms with E-state index in [1.54, 1.807) is 0 Å². The molecule has 1 saturated heterocycles. The van der Waals surface area contributed by atoms with Crippen LogP contribution in [0.25, 0.3) is 0 Å². The Hall–Kier alpha value is -1.55. The molecule has 1 aliphatic heterocycles. The molecule has 23 heavy (non-hydrogen) atoms. The third-order valence-corrected chi connectivity index (χ3v) is 4.33. The van der Waals surface area contributed by atoms with E-state index < -0.39 is 0 Å². The van der Waals surface area contributed by atoms with E-state index in [9.17, 15) is 0 Å². The SMILES string of the molecule is CCOCC1CCN(C(=NC)NCCc2cc(C)cc(C)c2)C1. The molecule has 1 aliphatic rings. The molecule has 2 rings (SSSR count). The molecule has 0 aromatic heterocycles. The summed E-state index contributed by atoms with van der Waals surface area (Å²) in [6.45, 7) is 11.1. The van der Waals surface area contributed by atoms with E-state index in [0.717, 1.165) is 45.2 Å². The second kappa shape index (κ2) is 8.92. The number of nitrogens with zero attached hydrogens (tertiary/aromatic N) is 2. The Morgan fingerprint density at radius 1 is 1.30 bits per heavy atom. The van der Waals surface area contributed by atoms with Gasteiger partial charge in [-0.3, -0.25) is 4.99 Å². The molecular weight excluding hydrogens is 286 g/mol.